The Morgan fingerprint density at radius 2 is 2.16 bits per heavy atom. The molecule has 4 heteroatoms. The van der Waals surface area contributed by atoms with Crippen LogP contribution < -0.4 is 10.1 Å². The molecule has 1 N–H and O–H groups in total. The summed E-state index contributed by atoms with van der Waals surface area (Å²) in [7, 11) is 1.98. The first kappa shape index (κ1) is 14.0. The Labute approximate surface area is 118 Å². The van der Waals surface area contributed by atoms with E-state index in [-0.39, 0.29) is 0 Å². The van der Waals surface area contributed by atoms with E-state index in [4.69, 9.17) is 4.74 Å². The van der Waals surface area contributed by atoms with Crippen LogP contribution in [0.5, 0.6) is 5.75 Å². The largest absolute Gasteiger partial charge is 0.487 e. The highest BCUT2D eigenvalue weighted by atomic mass is 32.1. The van der Waals surface area contributed by atoms with Gasteiger partial charge in [-0.25, -0.2) is 4.98 Å². The maximum atomic E-state index is 5.93. The lowest BCUT2D eigenvalue weighted by atomic mass is 10.0. The lowest BCUT2D eigenvalue weighted by Crippen LogP contribution is -2.16. The number of aryl methyl sites for hydroxylation is 1. The molecule has 0 spiro atoms. The summed E-state index contributed by atoms with van der Waals surface area (Å²) in [6.45, 7) is 4.71. The van der Waals surface area contributed by atoms with Crippen LogP contribution in [0, 0.1) is 6.92 Å². The van der Waals surface area contributed by atoms with Crippen LogP contribution in [0.4, 0.5) is 0 Å². The molecule has 19 heavy (non-hydrogen) atoms. The smallest absolute Gasteiger partial charge is 0.131 e. The zero-order valence-electron chi connectivity index (χ0n) is 11.6. The van der Waals surface area contributed by atoms with Crippen LogP contribution in [0.3, 0.4) is 0 Å². The highest BCUT2D eigenvalue weighted by Crippen LogP contribution is 2.27. The summed E-state index contributed by atoms with van der Waals surface area (Å²) >= 11 is 1.66. The number of ether oxygens (including phenoxy) is 1. The van der Waals surface area contributed by atoms with Gasteiger partial charge in [-0.05, 0) is 26.5 Å². The van der Waals surface area contributed by atoms with Gasteiger partial charge in [0.25, 0.3) is 0 Å². The SMILES string of the molecule is CCC(NC)c1ccccc1OCc1csc(C)n1. The summed E-state index contributed by atoms with van der Waals surface area (Å²) in [5, 5.41) is 6.44. The number of nitrogens with one attached hydrogen (secondary N) is 1. The van der Waals surface area contributed by atoms with Crippen LogP contribution in [0.1, 0.15) is 35.7 Å². The van der Waals surface area contributed by atoms with Gasteiger partial charge in [0, 0.05) is 17.0 Å². The lowest BCUT2D eigenvalue weighted by Gasteiger charge is -2.18. The third kappa shape index (κ3) is 3.55. The molecule has 0 saturated heterocycles. The molecule has 3 nitrogen and oxygen atoms in total. The predicted octanol–water partition coefficient (Wildman–Crippen LogP) is 3.70. The topological polar surface area (TPSA) is 34.1 Å². The van der Waals surface area contributed by atoms with Gasteiger partial charge in [-0.1, -0.05) is 25.1 Å². The summed E-state index contributed by atoms with van der Waals surface area (Å²) in [6.07, 6.45) is 1.03. The molecule has 0 aliphatic carbocycles. The van der Waals surface area contributed by atoms with Crippen LogP contribution in [0.2, 0.25) is 0 Å². The third-order valence-electron chi connectivity index (χ3n) is 3.09. The van der Waals surface area contributed by atoms with E-state index in [0.717, 1.165) is 22.9 Å². The molecular formula is C15H20N2OS. The average molecular weight is 276 g/mol. The van der Waals surface area contributed by atoms with E-state index in [1.54, 1.807) is 11.3 Å². The molecule has 102 valence electrons. The molecule has 1 heterocycles. The minimum atomic E-state index is 0.327. The number of aromatic nitrogens is 1. The molecule has 2 rings (SSSR count). The summed E-state index contributed by atoms with van der Waals surface area (Å²) in [5.41, 5.74) is 2.20. The Kier molecular flexibility index (Phi) is 4.93. The van der Waals surface area contributed by atoms with Crippen molar-refractivity contribution in [1.29, 1.82) is 0 Å². The fraction of sp³-hybridized carbons (Fsp3) is 0.400. The Balaban J connectivity index is 2.11. The number of thiazole rings is 1. The highest BCUT2D eigenvalue weighted by Gasteiger charge is 2.12. The van der Waals surface area contributed by atoms with Crippen LogP contribution in [0.15, 0.2) is 29.6 Å². The van der Waals surface area contributed by atoms with Gasteiger partial charge < -0.3 is 10.1 Å². The Morgan fingerprint density at radius 3 is 2.79 bits per heavy atom. The van der Waals surface area contributed by atoms with Gasteiger partial charge in [0.1, 0.15) is 12.4 Å². The van der Waals surface area contributed by atoms with Crippen molar-refractivity contribution in [3.63, 3.8) is 0 Å². The summed E-state index contributed by atoms with van der Waals surface area (Å²) in [4.78, 5) is 4.42. The van der Waals surface area contributed by atoms with Gasteiger partial charge in [0.15, 0.2) is 0 Å². The van der Waals surface area contributed by atoms with Crippen LogP contribution in [-0.2, 0) is 6.61 Å². The van der Waals surface area contributed by atoms with Crippen molar-refractivity contribution in [2.45, 2.75) is 32.9 Å². The highest BCUT2D eigenvalue weighted by molar-refractivity contribution is 7.09. The van der Waals surface area contributed by atoms with E-state index < -0.39 is 0 Å². The quantitative estimate of drug-likeness (QED) is 0.873. The van der Waals surface area contributed by atoms with Gasteiger partial charge in [0.2, 0.25) is 0 Å². The first-order valence-corrected chi connectivity index (χ1v) is 7.42. The molecule has 0 amide bonds. The molecule has 0 aliphatic heterocycles. The molecule has 0 aliphatic rings. The second kappa shape index (κ2) is 6.68. The molecular weight excluding hydrogens is 256 g/mol. The van der Waals surface area contributed by atoms with Crippen molar-refractivity contribution in [3.8, 4) is 5.75 Å². The average Bonchev–Trinajstić information content (AvgIpc) is 2.85. The fourth-order valence-corrected chi connectivity index (χ4v) is 2.70. The van der Waals surface area contributed by atoms with Gasteiger partial charge in [0.05, 0.1) is 10.7 Å². The summed E-state index contributed by atoms with van der Waals surface area (Å²) in [6, 6.07) is 8.53. The number of para-hydroxylation sites is 1. The van der Waals surface area contributed by atoms with E-state index in [0.29, 0.717) is 12.6 Å². The molecule has 1 aromatic carbocycles. The van der Waals surface area contributed by atoms with E-state index in [2.05, 4.69) is 29.4 Å². The molecule has 2 aromatic rings. The maximum Gasteiger partial charge on any atom is 0.131 e. The van der Waals surface area contributed by atoms with Gasteiger partial charge >= 0.3 is 0 Å². The molecule has 0 saturated carbocycles. The lowest BCUT2D eigenvalue weighted by molar-refractivity contribution is 0.295. The Morgan fingerprint density at radius 1 is 1.37 bits per heavy atom. The first-order chi connectivity index (χ1) is 9.24. The van der Waals surface area contributed by atoms with Crippen LogP contribution in [0.25, 0.3) is 0 Å². The number of hydrogen-bond donors (Lipinski definition) is 1. The second-order valence-corrected chi connectivity index (χ2v) is 5.50. The molecule has 0 fully saturated rings. The van der Waals surface area contributed by atoms with E-state index in [1.165, 1.54) is 5.56 Å². The monoisotopic (exact) mass is 276 g/mol. The van der Waals surface area contributed by atoms with Gasteiger partial charge in [-0.3, -0.25) is 0 Å². The molecule has 0 bridgehead atoms. The van der Waals surface area contributed by atoms with E-state index >= 15 is 0 Å². The van der Waals surface area contributed by atoms with Gasteiger partial charge in [-0.2, -0.15) is 0 Å². The zero-order chi connectivity index (χ0) is 13.7. The molecule has 0 radical (unpaired) electrons. The van der Waals surface area contributed by atoms with Crippen LogP contribution >= 0.6 is 11.3 Å². The Hall–Kier alpha value is -1.39. The second-order valence-electron chi connectivity index (χ2n) is 4.43. The third-order valence-corrected chi connectivity index (χ3v) is 3.92. The normalized spacial score (nSPS) is 12.4. The van der Waals surface area contributed by atoms with Crippen LogP contribution in [-0.4, -0.2) is 12.0 Å². The Bertz CT molecular complexity index is 520. The van der Waals surface area contributed by atoms with Crippen molar-refractivity contribution in [3.05, 3.63) is 45.9 Å². The minimum absolute atomic E-state index is 0.327. The van der Waals surface area contributed by atoms with Crippen molar-refractivity contribution < 1.29 is 4.74 Å². The number of hydrogen-bond acceptors (Lipinski definition) is 4. The predicted molar refractivity (Wildman–Crippen MR) is 79.7 cm³/mol. The minimum Gasteiger partial charge on any atom is -0.487 e. The molecule has 1 atom stereocenters. The maximum absolute atomic E-state index is 5.93. The fourth-order valence-electron chi connectivity index (χ4n) is 2.11. The number of benzene rings is 1. The molecule has 1 aromatic heterocycles. The standard InChI is InChI=1S/C15H20N2OS/c1-4-14(16-3)13-7-5-6-8-15(13)18-9-12-10-19-11(2)17-12/h5-8,10,14,16H,4,9H2,1-3H3. The van der Waals surface area contributed by atoms with Crippen molar-refractivity contribution in [2.24, 2.45) is 0 Å². The summed E-state index contributed by atoms with van der Waals surface area (Å²) < 4.78 is 5.93. The first-order valence-electron chi connectivity index (χ1n) is 6.54. The zero-order valence-corrected chi connectivity index (χ0v) is 12.5. The van der Waals surface area contributed by atoms with Gasteiger partial charge in [-0.15, -0.1) is 11.3 Å². The van der Waals surface area contributed by atoms with E-state index in [1.807, 2.05) is 31.5 Å². The van der Waals surface area contributed by atoms with Crippen molar-refractivity contribution in [2.75, 3.05) is 7.05 Å². The van der Waals surface area contributed by atoms with Crippen molar-refractivity contribution in [1.82, 2.24) is 10.3 Å². The number of nitrogens with zero attached hydrogens (tertiary/aromatic N) is 1. The summed E-state index contributed by atoms with van der Waals surface area (Å²) in [5.74, 6) is 0.939. The molecule has 1 unspecified atom stereocenters. The van der Waals surface area contributed by atoms with Crippen molar-refractivity contribution >= 4 is 11.3 Å². The van der Waals surface area contributed by atoms with E-state index in [9.17, 15) is 0 Å². The number of rotatable bonds is 6.